The lowest BCUT2D eigenvalue weighted by molar-refractivity contribution is -0.644. The largest absolute Gasteiger partial charge is 0.748 e. The van der Waals surface area contributed by atoms with Crippen molar-refractivity contribution in [3.8, 4) is 0 Å². The number of carbonyl (C=O) groups is 1. The maximum atomic E-state index is 12.1. The Hall–Kier alpha value is -3.92. The van der Waals surface area contributed by atoms with E-state index in [0.717, 1.165) is 43.2 Å². The number of aryl methyl sites for hydroxylation is 1. The highest BCUT2D eigenvalue weighted by Gasteiger charge is 2.25. The molecule has 0 bridgehead atoms. The van der Waals surface area contributed by atoms with Crippen LogP contribution in [0, 0.1) is 0 Å². The monoisotopic (exact) mass is 572 g/mol. The highest BCUT2D eigenvalue weighted by atomic mass is 32.2. The fourth-order valence-corrected chi connectivity index (χ4v) is 6.35. The van der Waals surface area contributed by atoms with Gasteiger partial charge in [0.15, 0.2) is 6.20 Å². The summed E-state index contributed by atoms with van der Waals surface area (Å²) in [7, 11) is -0.943. The summed E-state index contributed by atoms with van der Waals surface area (Å²) >= 11 is 1.59. The number of methoxy groups -OCH3 is 1. The van der Waals surface area contributed by atoms with Crippen molar-refractivity contribution in [2.75, 3.05) is 24.3 Å². The third-order valence-corrected chi connectivity index (χ3v) is 8.62. The molecule has 0 atom stereocenters. The second-order valence-corrected chi connectivity index (χ2v) is 12.0. The van der Waals surface area contributed by atoms with Crippen LogP contribution in [0.5, 0.6) is 0 Å². The number of thioether (sulfide) groups is 1. The van der Waals surface area contributed by atoms with E-state index in [1.54, 1.807) is 23.9 Å². The van der Waals surface area contributed by atoms with E-state index in [0.29, 0.717) is 12.1 Å². The van der Waals surface area contributed by atoms with Crippen molar-refractivity contribution in [3.05, 3.63) is 113 Å². The van der Waals surface area contributed by atoms with Gasteiger partial charge in [0.1, 0.15) is 7.05 Å². The van der Waals surface area contributed by atoms with E-state index in [1.807, 2.05) is 61.8 Å². The number of rotatable bonds is 8. The molecule has 0 aliphatic carbocycles. The van der Waals surface area contributed by atoms with Gasteiger partial charge in [0.2, 0.25) is 5.52 Å². The first-order valence-electron chi connectivity index (χ1n) is 12.7. The smallest absolute Gasteiger partial charge is 0.337 e. The van der Waals surface area contributed by atoms with Gasteiger partial charge in [0.25, 0.3) is 0 Å². The minimum atomic E-state index is -4.31. The summed E-state index contributed by atoms with van der Waals surface area (Å²) in [5.41, 5.74) is 5.36. The molecule has 0 unspecified atom stereocenters. The van der Waals surface area contributed by atoms with Crippen LogP contribution in [-0.2, 0) is 21.9 Å². The third kappa shape index (κ3) is 6.12. The molecule has 40 heavy (non-hydrogen) atoms. The van der Waals surface area contributed by atoms with Gasteiger partial charge in [-0.15, -0.1) is 0 Å². The molecule has 1 aliphatic heterocycles. The molecule has 0 saturated heterocycles. The highest BCUT2D eigenvalue weighted by molar-refractivity contribution is 8.03. The van der Waals surface area contributed by atoms with Gasteiger partial charge in [-0.3, -0.25) is 0 Å². The molecule has 9 heteroatoms. The zero-order chi connectivity index (χ0) is 28.3. The lowest BCUT2D eigenvalue weighted by atomic mass is 9.99. The molecular formula is C31H28N2O5S2. The summed E-state index contributed by atoms with van der Waals surface area (Å²) < 4.78 is 40.8. The molecule has 0 saturated carbocycles. The normalized spacial score (nSPS) is 14.5. The summed E-state index contributed by atoms with van der Waals surface area (Å²) in [6, 6.07) is 25.4. The molecule has 7 nitrogen and oxygen atoms in total. The first-order chi connectivity index (χ1) is 19.2. The maximum Gasteiger partial charge on any atom is 0.337 e. The van der Waals surface area contributed by atoms with E-state index in [9.17, 15) is 17.8 Å². The molecule has 0 spiro atoms. The van der Waals surface area contributed by atoms with Crippen molar-refractivity contribution < 1.29 is 27.1 Å². The van der Waals surface area contributed by atoms with Crippen LogP contribution in [0.15, 0.2) is 101 Å². The van der Waals surface area contributed by atoms with Gasteiger partial charge in [0.05, 0.1) is 38.9 Å². The minimum absolute atomic E-state index is 0.213. The van der Waals surface area contributed by atoms with Crippen LogP contribution in [0.4, 0.5) is 5.69 Å². The van der Waals surface area contributed by atoms with E-state index in [4.69, 9.17) is 4.74 Å². The van der Waals surface area contributed by atoms with Gasteiger partial charge in [-0.25, -0.2) is 17.8 Å². The number of pyridine rings is 1. The molecule has 1 aromatic heterocycles. The fourth-order valence-electron chi connectivity index (χ4n) is 4.73. The van der Waals surface area contributed by atoms with E-state index in [1.165, 1.54) is 7.11 Å². The predicted molar refractivity (Wildman–Crippen MR) is 158 cm³/mol. The lowest BCUT2D eigenvalue weighted by Crippen LogP contribution is -2.28. The summed E-state index contributed by atoms with van der Waals surface area (Å²) in [6.45, 7) is 0.385. The predicted octanol–water partition coefficient (Wildman–Crippen LogP) is 5.38. The van der Waals surface area contributed by atoms with Gasteiger partial charge >= 0.3 is 5.97 Å². The molecule has 0 fully saturated rings. The summed E-state index contributed by atoms with van der Waals surface area (Å²) in [6.07, 6.45) is 6.43. The van der Waals surface area contributed by atoms with Crippen LogP contribution in [0.2, 0.25) is 0 Å². The summed E-state index contributed by atoms with van der Waals surface area (Å²) in [5.74, 6) is -0.827. The SMILES string of the molecule is COC(=O)c1ccc(C(=C\c2cc[n+](C)c3ccccc23)/C=C2\Sc3ccccc3N2CCCS(=O)(=O)[O-])cc1. The average Bonchev–Trinajstić information content (AvgIpc) is 3.30. The number of allylic oxidation sites excluding steroid dienone is 2. The number of hydrogen-bond donors (Lipinski definition) is 0. The molecule has 204 valence electrons. The Labute approximate surface area is 238 Å². The Morgan fingerprint density at radius 2 is 1.70 bits per heavy atom. The third-order valence-electron chi connectivity index (χ3n) is 6.71. The zero-order valence-corrected chi connectivity index (χ0v) is 23.7. The molecule has 5 rings (SSSR count). The van der Waals surface area contributed by atoms with Crippen molar-refractivity contribution in [2.24, 2.45) is 7.05 Å². The lowest BCUT2D eigenvalue weighted by Gasteiger charge is -2.21. The van der Waals surface area contributed by atoms with Gasteiger partial charge in [-0.1, -0.05) is 48.2 Å². The topological polar surface area (TPSA) is 90.6 Å². The molecular weight excluding hydrogens is 544 g/mol. The first-order valence-corrected chi connectivity index (χ1v) is 15.1. The number of hydrogen-bond acceptors (Lipinski definition) is 7. The number of nitrogens with zero attached hydrogens (tertiary/aromatic N) is 2. The molecule has 0 amide bonds. The van der Waals surface area contributed by atoms with Crippen molar-refractivity contribution in [1.82, 2.24) is 0 Å². The van der Waals surface area contributed by atoms with Crippen molar-refractivity contribution in [1.29, 1.82) is 0 Å². The van der Waals surface area contributed by atoms with Crippen molar-refractivity contribution >= 4 is 56.1 Å². The fraction of sp³-hybridized carbons (Fsp3) is 0.161. The minimum Gasteiger partial charge on any atom is -0.748 e. The van der Waals surface area contributed by atoms with E-state index in [2.05, 4.69) is 39.8 Å². The van der Waals surface area contributed by atoms with Crippen LogP contribution < -0.4 is 9.47 Å². The number of anilines is 1. The molecule has 4 aromatic rings. The van der Waals surface area contributed by atoms with Crippen LogP contribution in [0.1, 0.15) is 27.9 Å². The molecule has 3 aromatic carbocycles. The van der Waals surface area contributed by atoms with E-state index >= 15 is 0 Å². The van der Waals surface area contributed by atoms with Gasteiger partial charge in [0, 0.05) is 29.3 Å². The van der Waals surface area contributed by atoms with Gasteiger partial charge < -0.3 is 14.2 Å². The Kier molecular flexibility index (Phi) is 8.07. The Morgan fingerprint density at radius 1 is 1.00 bits per heavy atom. The van der Waals surface area contributed by atoms with Crippen molar-refractivity contribution in [3.63, 3.8) is 0 Å². The number of benzene rings is 3. The standard InChI is InChI=1S/C31H28N2O5S2/c1-32-18-16-24(26-8-3-4-9-27(26)32)20-25(22-12-14-23(15-13-22)31(34)38-2)21-30-33(17-7-19-40(35,36)37)28-10-5-6-11-29(28)39-30/h3-6,8-16,18,20-21H,7,17,19H2,1-2H3. The number of fused-ring (bicyclic) bond motifs is 2. The van der Waals surface area contributed by atoms with Gasteiger partial charge in [-0.2, -0.15) is 0 Å². The number of ether oxygens (including phenoxy) is 1. The summed E-state index contributed by atoms with van der Waals surface area (Å²) in [4.78, 5) is 15.2. The second-order valence-electron chi connectivity index (χ2n) is 9.39. The van der Waals surface area contributed by atoms with E-state index in [-0.39, 0.29) is 6.42 Å². The zero-order valence-electron chi connectivity index (χ0n) is 22.1. The average molecular weight is 573 g/mol. The van der Waals surface area contributed by atoms with Crippen molar-refractivity contribution in [2.45, 2.75) is 11.3 Å². The summed E-state index contributed by atoms with van der Waals surface area (Å²) in [5, 5.41) is 2.01. The molecule has 1 aliphatic rings. The molecule has 2 heterocycles. The highest BCUT2D eigenvalue weighted by Crippen LogP contribution is 2.47. The number of carbonyl (C=O) groups excluding carboxylic acids is 1. The maximum absolute atomic E-state index is 12.1. The molecule has 0 radical (unpaired) electrons. The number of aromatic nitrogens is 1. The Morgan fingerprint density at radius 3 is 2.45 bits per heavy atom. The quantitative estimate of drug-likeness (QED) is 0.159. The first kappa shape index (κ1) is 27.6. The number of esters is 1. The van der Waals surface area contributed by atoms with Crippen LogP contribution in [0.3, 0.4) is 0 Å². The number of para-hydroxylation sites is 2. The Balaban J connectivity index is 1.62. The van der Waals surface area contributed by atoms with Crippen LogP contribution in [0.25, 0.3) is 22.6 Å². The molecule has 0 N–H and O–H groups in total. The second kappa shape index (κ2) is 11.7. The van der Waals surface area contributed by atoms with Crippen LogP contribution >= 0.6 is 11.8 Å². The van der Waals surface area contributed by atoms with E-state index < -0.39 is 21.8 Å². The van der Waals surface area contributed by atoms with Crippen LogP contribution in [-0.4, -0.2) is 38.3 Å². The Bertz CT molecular complexity index is 1750. The van der Waals surface area contributed by atoms with Gasteiger partial charge in [-0.05, 0) is 65.6 Å².